The van der Waals surface area contributed by atoms with Crippen molar-refractivity contribution < 1.29 is 0 Å². The second-order valence-corrected chi connectivity index (χ2v) is 4.86. The molecule has 0 bridgehead atoms. The molecule has 0 unspecified atom stereocenters. The summed E-state index contributed by atoms with van der Waals surface area (Å²) in [4.78, 5) is 4.10. The van der Waals surface area contributed by atoms with E-state index in [1.165, 1.54) is 23.1 Å². The summed E-state index contributed by atoms with van der Waals surface area (Å²) in [6.07, 6.45) is 1.56. The molecule has 2 aromatic rings. The lowest BCUT2D eigenvalue weighted by atomic mass is 10.4. The van der Waals surface area contributed by atoms with Crippen molar-refractivity contribution >= 4 is 40.4 Å². The van der Waals surface area contributed by atoms with Gasteiger partial charge in [0, 0.05) is 6.20 Å². The van der Waals surface area contributed by atoms with E-state index in [9.17, 15) is 0 Å². The molecular weight excluding hydrogens is 240 g/mol. The number of rotatable bonds is 2. The molecule has 0 saturated heterocycles. The van der Waals surface area contributed by atoms with E-state index >= 15 is 0 Å². The molecule has 0 aliphatic rings. The Bertz CT molecular complexity index is 431. The summed E-state index contributed by atoms with van der Waals surface area (Å²) in [5.41, 5.74) is 7.94. The molecule has 2 N–H and O–H groups in total. The first-order chi connectivity index (χ1) is 6.75. The molecule has 2 aromatic heterocycles. The summed E-state index contributed by atoms with van der Waals surface area (Å²) >= 11 is 8.54. The average molecular weight is 245 g/mol. The number of pyridine rings is 1. The molecule has 0 radical (unpaired) electrons. The van der Waals surface area contributed by atoms with E-state index < -0.39 is 0 Å². The molecule has 0 amide bonds. The van der Waals surface area contributed by atoms with Crippen LogP contribution in [0.15, 0.2) is 27.1 Å². The Morgan fingerprint density at radius 2 is 2.36 bits per heavy atom. The third kappa shape index (κ3) is 2.14. The highest BCUT2D eigenvalue weighted by atomic mass is 35.5. The first-order valence-corrected chi connectivity index (χ1v) is 5.68. The van der Waals surface area contributed by atoms with Gasteiger partial charge in [-0.1, -0.05) is 22.9 Å². The van der Waals surface area contributed by atoms with Crippen LogP contribution in [0, 0.1) is 0 Å². The summed E-state index contributed by atoms with van der Waals surface area (Å²) < 4.78 is 0.812. The zero-order chi connectivity index (χ0) is 9.97. The van der Waals surface area contributed by atoms with Crippen LogP contribution in [-0.2, 0) is 0 Å². The normalized spacial score (nSPS) is 10.4. The van der Waals surface area contributed by atoms with Crippen LogP contribution in [0.3, 0.4) is 0 Å². The Balaban J connectivity index is 2.25. The average Bonchev–Trinajstić information content (AvgIpc) is 2.62. The van der Waals surface area contributed by atoms with Gasteiger partial charge < -0.3 is 5.73 Å². The van der Waals surface area contributed by atoms with Crippen molar-refractivity contribution in [3.63, 3.8) is 0 Å². The highest BCUT2D eigenvalue weighted by Gasteiger charge is 2.06. The van der Waals surface area contributed by atoms with Gasteiger partial charge in [0.15, 0.2) is 4.34 Å². The Morgan fingerprint density at radius 3 is 3.00 bits per heavy atom. The Labute approximate surface area is 93.5 Å². The van der Waals surface area contributed by atoms with Crippen LogP contribution in [0.4, 0.5) is 5.69 Å². The van der Waals surface area contributed by atoms with Crippen LogP contribution in [0.5, 0.6) is 0 Å². The van der Waals surface area contributed by atoms with E-state index in [0.29, 0.717) is 15.7 Å². The topological polar surface area (TPSA) is 64.7 Å². The zero-order valence-corrected chi connectivity index (χ0v) is 9.23. The van der Waals surface area contributed by atoms with E-state index in [0.717, 1.165) is 4.34 Å². The molecule has 0 atom stereocenters. The zero-order valence-electron chi connectivity index (χ0n) is 6.85. The lowest BCUT2D eigenvalue weighted by molar-refractivity contribution is 1.01. The van der Waals surface area contributed by atoms with Gasteiger partial charge in [0.2, 0.25) is 0 Å². The molecular formula is C7H5ClN4S2. The standard InChI is InChI=1S/C7H5ClN4S2/c8-4-1-5(9)6(10-2-4)14-7-12-11-3-13-7/h1-3H,9H2. The molecule has 72 valence electrons. The van der Waals surface area contributed by atoms with Crippen LogP contribution < -0.4 is 5.73 Å². The maximum absolute atomic E-state index is 5.73. The summed E-state index contributed by atoms with van der Waals surface area (Å²) in [5.74, 6) is 0. The molecule has 0 aromatic carbocycles. The summed E-state index contributed by atoms with van der Waals surface area (Å²) in [7, 11) is 0. The number of anilines is 1. The molecule has 14 heavy (non-hydrogen) atoms. The van der Waals surface area contributed by atoms with Gasteiger partial charge in [0.25, 0.3) is 0 Å². The number of hydrogen-bond donors (Lipinski definition) is 1. The predicted molar refractivity (Wildman–Crippen MR) is 57.7 cm³/mol. The van der Waals surface area contributed by atoms with Crippen LogP contribution in [-0.4, -0.2) is 15.2 Å². The number of halogens is 1. The number of nitrogen functional groups attached to an aromatic ring is 1. The third-order valence-electron chi connectivity index (χ3n) is 1.37. The quantitative estimate of drug-likeness (QED) is 0.878. The summed E-state index contributed by atoms with van der Waals surface area (Å²) in [6.45, 7) is 0. The summed E-state index contributed by atoms with van der Waals surface area (Å²) in [6, 6.07) is 1.66. The van der Waals surface area contributed by atoms with Crippen molar-refractivity contribution in [1.29, 1.82) is 0 Å². The van der Waals surface area contributed by atoms with Crippen molar-refractivity contribution in [2.24, 2.45) is 0 Å². The smallest absolute Gasteiger partial charge is 0.180 e. The SMILES string of the molecule is Nc1cc(Cl)cnc1Sc1nncs1. The number of nitrogens with zero attached hydrogens (tertiary/aromatic N) is 3. The second-order valence-electron chi connectivity index (χ2n) is 2.35. The van der Waals surface area contributed by atoms with Gasteiger partial charge in [0.1, 0.15) is 10.5 Å². The Kier molecular flexibility index (Phi) is 2.85. The van der Waals surface area contributed by atoms with Crippen molar-refractivity contribution in [3.05, 3.63) is 22.8 Å². The van der Waals surface area contributed by atoms with E-state index in [1.54, 1.807) is 17.8 Å². The maximum Gasteiger partial charge on any atom is 0.180 e. The largest absolute Gasteiger partial charge is 0.396 e. The minimum absolute atomic E-state index is 0.532. The highest BCUT2D eigenvalue weighted by molar-refractivity contribution is 8.01. The summed E-state index contributed by atoms with van der Waals surface area (Å²) in [5, 5.41) is 8.83. The van der Waals surface area contributed by atoms with E-state index in [-0.39, 0.29) is 0 Å². The third-order valence-corrected chi connectivity index (χ3v) is 3.39. The van der Waals surface area contributed by atoms with Crippen LogP contribution in [0.2, 0.25) is 5.02 Å². The van der Waals surface area contributed by atoms with Crippen molar-refractivity contribution in [2.45, 2.75) is 9.37 Å². The molecule has 4 nitrogen and oxygen atoms in total. The first-order valence-electron chi connectivity index (χ1n) is 3.61. The van der Waals surface area contributed by atoms with Crippen LogP contribution >= 0.6 is 34.7 Å². The predicted octanol–water partition coefficient (Wildman–Crippen LogP) is 2.32. The van der Waals surface area contributed by atoms with Crippen molar-refractivity contribution in [2.75, 3.05) is 5.73 Å². The van der Waals surface area contributed by atoms with Crippen LogP contribution in [0.25, 0.3) is 0 Å². The number of aromatic nitrogens is 3. The van der Waals surface area contributed by atoms with Gasteiger partial charge in [0.05, 0.1) is 10.7 Å². The minimum Gasteiger partial charge on any atom is -0.396 e. The lowest BCUT2D eigenvalue weighted by Gasteiger charge is -2.00. The molecule has 7 heteroatoms. The first kappa shape index (κ1) is 9.70. The number of hydrogen-bond acceptors (Lipinski definition) is 6. The van der Waals surface area contributed by atoms with Gasteiger partial charge in [-0.05, 0) is 17.8 Å². The van der Waals surface area contributed by atoms with Crippen molar-refractivity contribution in [3.8, 4) is 0 Å². The molecule has 0 aliphatic heterocycles. The minimum atomic E-state index is 0.532. The van der Waals surface area contributed by atoms with E-state index in [1.807, 2.05) is 0 Å². The van der Waals surface area contributed by atoms with Gasteiger partial charge in [-0.3, -0.25) is 0 Å². The fraction of sp³-hybridized carbons (Fsp3) is 0. The lowest BCUT2D eigenvalue weighted by Crippen LogP contribution is -1.91. The Hall–Kier alpha value is -0.850. The van der Waals surface area contributed by atoms with E-state index in [2.05, 4.69) is 15.2 Å². The van der Waals surface area contributed by atoms with Gasteiger partial charge in [-0.25, -0.2) is 4.98 Å². The maximum atomic E-state index is 5.73. The van der Waals surface area contributed by atoms with Gasteiger partial charge in [-0.15, -0.1) is 10.2 Å². The van der Waals surface area contributed by atoms with Crippen LogP contribution in [0.1, 0.15) is 0 Å². The number of nitrogens with two attached hydrogens (primary N) is 1. The monoisotopic (exact) mass is 244 g/mol. The van der Waals surface area contributed by atoms with Gasteiger partial charge >= 0.3 is 0 Å². The molecule has 0 saturated carbocycles. The molecule has 2 heterocycles. The molecule has 0 fully saturated rings. The molecule has 2 rings (SSSR count). The second kappa shape index (κ2) is 4.12. The van der Waals surface area contributed by atoms with Gasteiger partial charge in [-0.2, -0.15) is 0 Å². The highest BCUT2D eigenvalue weighted by Crippen LogP contribution is 2.31. The van der Waals surface area contributed by atoms with Crippen molar-refractivity contribution in [1.82, 2.24) is 15.2 Å². The van der Waals surface area contributed by atoms with E-state index in [4.69, 9.17) is 17.3 Å². The molecule has 0 spiro atoms. The molecule has 0 aliphatic carbocycles. The fourth-order valence-corrected chi connectivity index (χ4v) is 2.36. The fourth-order valence-electron chi connectivity index (χ4n) is 0.818. The Morgan fingerprint density at radius 1 is 1.50 bits per heavy atom.